The number of rotatable bonds is 13. The first-order valence-corrected chi connectivity index (χ1v) is 29.8. The highest BCUT2D eigenvalue weighted by molar-refractivity contribution is 6.01. The van der Waals surface area contributed by atoms with E-state index >= 15 is 0 Å². The number of nitrogens with one attached hydrogen (secondary N) is 1. The summed E-state index contributed by atoms with van der Waals surface area (Å²) in [6.07, 6.45) is -4.18. The molecule has 3 saturated carbocycles. The minimum atomic E-state index is -2.00. The van der Waals surface area contributed by atoms with E-state index in [4.69, 9.17) is 28.4 Å². The molecule has 7 rings (SSSR count). The van der Waals surface area contributed by atoms with Gasteiger partial charge in [-0.15, -0.1) is 0 Å². The van der Waals surface area contributed by atoms with Crippen LogP contribution >= 0.6 is 0 Å². The molecule has 458 valence electrons. The lowest BCUT2D eigenvalue weighted by molar-refractivity contribution is -0.317. The fourth-order valence-electron chi connectivity index (χ4n) is 16.1. The van der Waals surface area contributed by atoms with Crippen LogP contribution in [-0.4, -0.2) is 217 Å². The second-order valence-electron chi connectivity index (χ2n) is 26.8. The van der Waals surface area contributed by atoms with Gasteiger partial charge < -0.3 is 79.5 Å². The molecule has 0 radical (unpaired) electrons. The summed E-state index contributed by atoms with van der Waals surface area (Å²) in [5.41, 5.74) is -7.11. The van der Waals surface area contributed by atoms with Crippen LogP contribution in [0, 0.1) is 40.4 Å². The van der Waals surface area contributed by atoms with Crippen LogP contribution in [0.4, 0.5) is 0 Å². The van der Waals surface area contributed by atoms with Crippen molar-refractivity contribution in [3.63, 3.8) is 0 Å². The molecule has 20 heteroatoms. The molecule has 7 aliphatic rings. The van der Waals surface area contributed by atoms with Crippen molar-refractivity contribution in [1.82, 2.24) is 15.1 Å². The second-order valence-corrected chi connectivity index (χ2v) is 26.8. The fraction of sp³-hybridized carbons (Fsp3) is 0.883. The Morgan fingerprint density at radius 3 is 2.27 bits per heavy atom. The molecule has 0 aromatic heterocycles. The number of amides is 1. The van der Waals surface area contributed by atoms with Crippen LogP contribution in [0.5, 0.6) is 0 Å². The van der Waals surface area contributed by atoms with Crippen molar-refractivity contribution >= 4 is 17.7 Å². The number of likely N-dealkylation sites (N-methyl/N-ethyl adjacent to an activating group) is 1. The van der Waals surface area contributed by atoms with Gasteiger partial charge in [0, 0.05) is 61.4 Å². The summed E-state index contributed by atoms with van der Waals surface area (Å²) >= 11 is 0. The number of carbonyl (C=O) groups excluding carboxylic acids is 3. The minimum absolute atomic E-state index is 0.00184. The van der Waals surface area contributed by atoms with Gasteiger partial charge >= 0.3 is 5.97 Å². The number of aliphatic hydroxyl groups is 8. The predicted octanol–water partition coefficient (Wildman–Crippen LogP) is 2.90. The monoisotopic (exact) mass is 1140 g/mol. The Balaban J connectivity index is 1.11. The molecule has 20 nitrogen and oxygen atoms in total. The topological polar surface area (TPSA) is 287 Å². The quantitative estimate of drug-likeness (QED) is 0.0947. The number of ether oxygens (including phenoxy) is 6. The number of allylic oxidation sites excluding steroid dienone is 4. The van der Waals surface area contributed by atoms with Gasteiger partial charge in [0.05, 0.1) is 47.6 Å². The summed E-state index contributed by atoms with van der Waals surface area (Å²) in [7, 11) is 5.20. The Bertz CT molecular complexity index is 2230. The number of fused-ring (bicyclic) bond motifs is 5. The summed E-state index contributed by atoms with van der Waals surface area (Å²) in [5, 5.41) is 99.3. The Labute approximate surface area is 474 Å². The Morgan fingerprint density at radius 1 is 0.938 bits per heavy atom. The van der Waals surface area contributed by atoms with Crippen molar-refractivity contribution in [2.24, 2.45) is 40.4 Å². The second kappa shape index (κ2) is 24.8. The zero-order valence-electron chi connectivity index (χ0n) is 50.2. The van der Waals surface area contributed by atoms with Crippen LogP contribution in [0.25, 0.3) is 0 Å². The normalized spacial score (nSPS) is 48.4. The van der Waals surface area contributed by atoms with Gasteiger partial charge in [0.1, 0.15) is 35.6 Å². The molecule has 3 heterocycles. The molecule has 3 aliphatic heterocycles. The third kappa shape index (κ3) is 12.3. The summed E-state index contributed by atoms with van der Waals surface area (Å²) in [6, 6.07) is -1.13. The van der Waals surface area contributed by atoms with Crippen molar-refractivity contribution < 1.29 is 83.7 Å². The summed E-state index contributed by atoms with van der Waals surface area (Å²) in [6.45, 7) is 19.8. The number of esters is 1. The van der Waals surface area contributed by atoms with E-state index in [1.54, 1.807) is 60.6 Å². The van der Waals surface area contributed by atoms with Gasteiger partial charge in [0.15, 0.2) is 24.5 Å². The lowest BCUT2D eigenvalue weighted by Gasteiger charge is -2.60. The summed E-state index contributed by atoms with van der Waals surface area (Å²) < 4.78 is 38.1. The van der Waals surface area contributed by atoms with E-state index < -0.39 is 131 Å². The maximum absolute atomic E-state index is 14.7. The van der Waals surface area contributed by atoms with E-state index in [0.29, 0.717) is 32.1 Å². The van der Waals surface area contributed by atoms with Crippen LogP contribution in [0.1, 0.15) is 147 Å². The standard InChI is InChI=1S/C60H101N3O17/c1-15-43-59(11,73)48(67)35(5)63(27-17-25-61-52(70)50(69)60(74)24-21-40-39-19-18-37-29-38(64)20-23-55(37,7)45(39)42(65)30-56(40,60)8)26-16-22-57(9,72)51(80-54-46(66)41(62(12)13)28-32(2)76-54)33(3)47(34(4)53(71)78-43)79-44-31-58(10,75-14)49(68)36(6)77-44/h20,23,29,32-36,39-51,54,65-69,72-74H,15-19,21-22,24-28,30-31H2,1-14H3,(H,61,70)/t32?,33-,34+,35+,36?,39?,40?,41+,42-,43+,44?,45?,46+,47-,48+,49+,50?,51+,54?,55-,56-,57+,58-,59+,60-/m0/s1. The van der Waals surface area contributed by atoms with Crippen molar-refractivity contribution in [2.75, 3.05) is 40.8 Å². The van der Waals surface area contributed by atoms with Crippen LogP contribution in [-0.2, 0) is 42.8 Å². The number of nitrogens with zero attached hydrogens (tertiary/aromatic N) is 2. The number of hydrogen-bond donors (Lipinski definition) is 9. The maximum atomic E-state index is 14.7. The number of methoxy groups -OCH3 is 1. The fourth-order valence-corrected chi connectivity index (χ4v) is 16.1. The van der Waals surface area contributed by atoms with E-state index in [-0.39, 0.29) is 87.4 Å². The van der Waals surface area contributed by atoms with E-state index in [1.165, 1.54) is 14.0 Å². The summed E-state index contributed by atoms with van der Waals surface area (Å²) in [5.74, 6) is -3.81. The molecule has 0 aromatic rings. The van der Waals surface area contributed by atoms with Gasteiger partial charge in [0.2, 0.25) is 0 Å². The average Bonchev–Trinajstić information content (AvgIpc) is 3.89. The van der Waals surface area contributed by atoms with E-state index in [0.717, 1.165) is 12.0 Å². The highest BCUT2D eigenvalue weighted by Crippen LogP contribution is 2.67. The lowest BCUT2D eigenvalue weighted by Crippen LogP contribution is -2.64. The lowest BCUT2D eigenvalue weighted by atomic mass is 9.46. The molecule has 4 aliphatic carbocycles. The van der Waals surface area contributed by atoms with Crippen molar-refractivity contribution in [3.05, 3.63) is 23.8 Å². The van der Waals surface area contributed by atoms with Gasteiger partial charge in [-0.1, -0.05) is 39.3 Å². The van der Waals surface area contributed by atoms with Crippen LogP contribution in [0.15, 0.2) is 23.8 Å². The molecule has 6 fully saturated rings. The number of cyclic esters (lactones) is 1. The molecule has 25 atom stereocenters. The van der Waals surface area contributed by atoms with E-state index in [2.05, 4.69) is 12.2 Å². The minimum Gasteiger partial charge on any atom is -0.459 e. The van der Waals surface area contributed by atoms with Crippen LogP contribution in [0.2, 0.25) is 0 Å². The molecular formula is C60H101N3O17. The van der Waals surface area contributed by atoms with Crippen molar-refractivity contribution in [2.45, 2.75) is 255 Å². The molecule has 8 unspecified atom stereocenters. The highest BCUT2D eigenvalue weighted by atomic mass is 16.7. The van der Waals surface area contributed by atoms with Crippen molar-refractivity contribution in [3.8, 4) is 0 Å². The van der Waals surface area contributed by atoms with Gasteiger partial charge in [-0.25, -0.2) is 0 Å². The average molecular weight is 1140 g/mol. The molecule has 80 heavy (non-hydrogen) atoms. The third-order valence-electron chi connectivity index (χ3n) is 21.2. The first-order chi connectivity index (χ1) is 37.2. The van der Waals surface area contributed by atoms with Gasteiger partial charge in [0.25, 0.3) is 5.91 Å². The maximum Gasteiger partial charge on any atom is 0.311 e. The van der Waals surface area contributed by atoms with E-state index in [1.807, 2.05) is 43.8 Å². The van der Waals surface area contributed by atoms with Gasteiger partial charge in [-0.3, -0.25) is 19.3 Å². The van der Waals surface area contributed by atoms with Gasteiger partial charge in [-0.05, 0) is 157 Å². The molecular weight excluding hydrogens is 1030 g/mol. The number of ketones is 1. The van der Waals surface area contributed by atoms with Crippen molar-refractivity contribution in [1.29, 1.82) is 0 Å². The smallest absolute Gasteiger partial charge is 0.311 e. The summed E-state index contributed by atoms with van der Waals surface area (Å²) in [4.78, 5) is 44.8. The third-order valence-corrected chi connectivity index (χ3v) is 21.2. The Hall–Kier alpha value is -2.51. The molecule has 1 amide bonds. The Morgan fingerprint density at radius 2 is 1.62 bits per heavy atom. The van der Waals surface area contributed by atoms with Crippen LogP contribution < -0.4 is 5.32 Å². The molecule has 0 spiro atoms. The largest absolute Gasteiger partial charge is 0.459 e. The first-order valence-electron chi connectivity index (χ1n) is 29.8. The Kier molecular flexibility index (Phi) is 20.2. The van der Waals surface area contributed by atoms with Gasteiger partial charge in [-0.2, -0.15) is 0 Å². The number of carbonyl (C=O) groups is 3. The molecule has 0 aromatic carbocycles. The molecule has 9 N–H and O–H groups in total. The molecule has 0 bridgehead atoms. The molecule has 3 saturated heterocycles. The SMILES string of the molecule is CC[C@H]1OC(=O)[C@H](C)[C@@H](OC2C[C@](C)(OC)[C@H](O)C(C)O2)[C@H](C)[C@@H](OC2OC(C)C[C@@H](N(C)C)[C@H]2O)[C@](C)(O)CCCN(CCCNC(=O)C(O)[C@@]2(O)CCC3C4CCC5=CC(=O)C=C[C@]5(C)C4[C@@H](O)C[C@@]32C)[C@H](C)[C@@H](O)[C@]1(C)O. The predicted molar refractivity (Wildman–Crippen MR) is 295 cm³/mol. The zero-order valence-corrected chi connectivity index (χ0v) is 50.2. The van der Waals surface area contributed by atoms with E-state index in [9.17, 15) is 55.2 Å². The first kappa shape index (κ1) is 65.0. The number of aliphatic hydroxyl groups excluding tert-OH is 5. The number of hydrogen-bond acceptors (Lipinski definition) is 19. The zero-order chi connectivity index (χ0) is 59.4. The van der Waals surface area contributed by atoms with Crippen LogP contribution in [0.3, 0.4) is 0 Å². The highest BCUT2D eigenvalue weighted by Gasteiger charge is 2.69.